The highest BCUT2D eigenvalue weighted by Gasteiger charge is 2.35. The van der Waals surface area contributed by atoms with Crippen molar-refractivity contribution in [2.75, 3.05) is 13.2 Å². The van der Waals surface area contributed by atoms with Crippen LogP contribution in [0, 0.1) is 0 Å². The SMILES string of the molecule is CCCCOc1cc(Br)cc(C(=O)O[C@H]2Cc3ccccc3C[C@H]2OC(=O)c2cc(Br)cc(OCCCC)c2)c1. The molecule has 0 aromatic heterocycles. The van der Waals surface area contributed by atoms with E-state index in [9.17, 15) is 9.59 Å². The number of fused-ring (bicyclic) bond motifs is 1. The van der Waals surface area contributed by atoms with E-state index in [1.807, 2.05) is 36.4 Å². The smallest absolute Gasteiger partial charge is 0.338 e. The van der Waals surface area contributed by atoms with Crippen molar-refractivity contribution in [3.8, 4) is 11.5 Å². The van der Waals surface area contributed by atoms with Gasteiger partial charge in [0.1, 0.15) is 23.7 Å². The van der Waals surface area contributed by atoms with E-state index in [1.54, 1.807) is 24.3 Å². The van der Waals surface area contributed by atoms with E-state index in [4.69, 9.17) is 18.9 Å². The summed E-state index contributed by atoms with van der Waals surface area (Å²) in [5, 5.41) is 0. The van der Waals surface area contributed by atoms with Crippen LogP contribution in [0.4, 0.5) is 0 Å². The summed E-state index contributed by atoms with van der Waals surface area (Å²) in [6, 6.07) is 18.4. The van der Waals surface area contributed by atoms with Crippen molar-refractivity contribution in [1.29, 1.82) is 0 Å². The fourth-order valence-corrected chi connectivity index (χ4v) is 5.44. The maximum absolute atomic E-state index is 13.3. The second kappa shape index (κ2) is 14.7. The molecule has 0 aliphatic heterocycles. The summed E-state index contributed by atoms with van der Waals surface area (Å²) in [5.74, 6) is 0.194. The Hall–Kier alpha value is -2.84. The fraction of sp³-hybridized carbons (Fsp3) is 0.375. The first-order valence-electron chi connectivity index (χ1n) is 13.7. The Bertz CT molecular complexity index is 1220. The molecule has 40 heavy (non-hydrogen) atoms. The third-order valence-electron chi connectivity index (χ3n) is 6.64. The average Bonchev–Trinajstić information content (AvgIpc) is 2.93. The van der Waals surface area contributed by atoms with Crippen LogP contribution in [-0.2, 0) is 22.3 Å². The predicted octanol–water partition coefficient (Wildman–Crippen LogP) is 8.12. The molecule has 2 atom stereocenters. The monoisotopic (exact) mass is 672 g/mol. The number of hydrogen-bond acceptors (Lipinski definition) is 6. The molecule has 3 aromatic rings. The van der Waals surface area contributed by atoms with Crippen molar-refractivity contribution in [1.82, 2.24) is 0 Å². The van der Waals surface area contributed by atoms with Crippen LogP contribution in [0.5, 0.6) is 11.5 Å². The molecule has 3 aromatic carbocycles. The molecule has 6 nitrogen and oxygen atoms in total. The molecule has 8 heteroatoms. The quantitative estimate of drug-likeness (QED) is 0.143. The van der Waals surface area contributed by atoms with Crippen molar-refractivity contribution >= 4 is 43.8 Å². The molecule has 0 bridgehead atoms. The number of carbonyl (C=O) groups is 2. The largest absolute Gasteiger partial charge is 0.494 e. The topological polar surface area (TPSA) is 71.1 Å². The second-order valence-corrected chi connectivity index (χ2v) is 11.7. The highest BCUT2D eigenvalue weighted by Crippen LogP contribution is 2.30. The van der Waals surface area contributed by atoms with Crippen LogP contribution in [0.3, 0.4) is 0 Å². The number of unbranched alkanes of at least 4 members (excludes halogenated alkanes) is 2. The lowest BCUT2D eigenvalue weighted by atomic mass is 9.87. The maximum atomic E-state index is 13.3. The fourth-order valence-electron chi connectivity index (χ4n) is 4.49. The van der Waals surface area contributed by atoms with Crippen LogP contribution in [0.2, 0.25) is 0 Å². The minimum absolute atomic E-state index is 0.366. The van der Waals surface area contributed by atoms with Crippen molar-refractivity contribution in [2.45, 2.75) is 64.6 Å². The number of ether oxygens (including phenoxy) is 4. The Labute approximate surface area is 252 Å². The van der Waals surface area contributed by atoms with Crippen LogP contribution in [0.25, 0.3) is 0 Å². The predicted molar refractivity (Wildman–Crippen MR) is 161 cm³/mol. The van der Waals surface area contributed by atoms with Gasteiger partial charge < -0.3 is 18.9 Å². The third-order valence-corrected chi connectivity index (χ3v) is 7.55. The van der Waals surface area contributed by atoms with Crippen LogP contribution in [0.15, 0.2) is 69.6 Å². The molecule has 0 radical (unpaired) electrons. The maximum Gasteiger partial charge on any atom is 0.338 e. The molecule has 0 fully saturated rings. The zero-order chi connectivity index (χ0) is 28.5. The Morgan fingerprint density at radius 1 is 0.700 bits per heavy atom. The third kappa shape index (κ3) is 8.33. The minimum Gasteiger partial charge on any atom is -0.494 e. The normalized spacial score (nSPS) is 16.1. The van der Waals surface area contributed by atoms with E-state index in [0.717, 1.165) is 45.8 Å². The molecule has 1 aliphatic rings. The molecule has 4 rings (SSSR count). The van der Waals surface area contributed by atoms with E-state index >= 15 is 0 Å². The van der Waals surface area contributed by atoms with E-state index < -0.39 is 24.1 Å². The molecule has 0 unspecified atom stereocenters. The summed E-state index contributed by atoms with van der Waals surface area (Å²) in [4.78, 5) is 26.6. The summed E-state index contributed by atoms with van der Waals surface area (Å²) in [7, 11) is 0. The van der Waals surface area contributed by atoms with Gasteiger partial charge in [-0.3, -0.25) is 0 Å². The highest BCUT2D eigenvalue weighted by atomic mass is 79.9. The summed E-state index contributed by atoms with van der Waals surface area (Å²) < 4.78 is 25.1. The molecule has 0 spiro atoms. The zero-order valence-corrected chi connectivity index (χ0v) is 26.0. The van der Waals surface area contributed by atoms with Gasteiger partial charge in [0, 0.05) is 21.8 Å². The summed E-state index contributed by atoms with van der Waals surface area (Å²) in [6.45, 7) is 5.32. The van der Waals surface area contributed by atoms with Crippen molar-refractivity contribution in [3.63, 3.8) is 0 Å². The van der Waals surface area contributed by atoms with Crippen LogP contribution in [0.1, 0.15) is 71.4 Å². The Morgan fingerprint density at radius 2 is 1.12 bits per heavy atom. The first-order chi connectivity index (χ1) is 19.4. The zero-order valence-electron chi connectivity index (χ0n) is 22.8. The number of halogens is 2. The Balaban J connectivity index is 1.52. The van der Waals surface area contributed by atoms with Gasteiger partial charge in [-0.2, -0.15) is 0 Å². The van der Waals surface area contributed by atoms with Crippen LogP contribution >= 0.6 is 31.9 Å². The molecular formula is C32H34Br2O6. The van der Waals surface area contributed by atoms with Crippen LogP contribution in [-0.4, -0.2) is 37.4 Å². The van der Waals surface area contributed by atoms with Gasteiger partial charge in [-0.25, -0.2) is 9.59 Å². The summed E-state index contributed by atoms with van der Waals surface area (Å²) in [5.41, 5.74) is 2.87. The lowest BCUT2D eigenvalue weighted by Gasteiger charge is -2.32. The van der Waals surface area contributed by atoms with Crippen molar-refractivity contribution in [2.24, 2.45) is 0 Å². The van der Waals surface area contributed by atoms with Crippen molar-refractivity contribution < 1.29 is 28.5 Å². The molecule has 0 saturated carbocycles. The average molecular weight is 674 g/mol. The Kier molecular flexibility index (Phi) is 11.1. The number of benzene rings is 3. The first-order valence-corrected chi connectivity index (χ1v) is 15.3. The van der Waals surface area contributed by atoms with E-state index in [2.05, 4.69) is 45.7 Å². The van der Waals surface area contributed by atoms with Gasteiger partial charge in [-0.1, -0.05) is 82.8 Å². The first kappa shape index (κ1) is 30.1. The molecule has 0 heterocycles. The van der Waals surface area contributed by atoms with E-state index in [-0.39, 0.29) is 0 Å². The van der Waals surface area contributed by atoms with Gasteiger partial charge >= 0.3 is 11.9 Å². The molecule has 0 N–H and O–H groups in total. The van der Waals surface area contributed by atoms with Gasteiger partial charge in [0.15, 0.2) is 0 Å². The number of esters is 2. The molecule has 212 valence electrons. The Morgan fingerprint density at radius 3 is 1.52 bits per heavy atom. The minimum atomic E-state index is -0.651. The molecular weight excluding hydrogens is 640 g/mol. The summed E-state index contributed by atoms with van der Waals surface area (Å²) in [6.07, 6.45) is 3.45. The number of hydrogen-bond donors (Lipinski definition) is 0. The lowest BCUT2D eigenvalue weighted by Crippen LogP contribution is -2.41. The van der Waals surface area contributed by atoms with Gasteiger partial charge in [-0.15, -0.1) is 0 Å². The molecule has 1 aliphatic carbocycles. The molecule has 0 amide bonds. The van der Waals surface area contributed by atoms with Crippen molar-refractivity contribution in [3.05, 3.63) is 91.9 Å². The lowest BCUT2D eigenvalue weighted by molar-refractivity contribution is -0.0389. The van der Waals surface area contributed by atoms with E-state index in [0.29, 0.717) is 48.7 Å². The summed E-state index contributed by atoms with van der Waals surface area (Å²) >= 11 is 6.93. The van der Waals surface area contributed by atoms with Gasteiger partial charge in [-0.05, 0) is 60.4 Å². The van der Waals surface area contributed by atoms with Gasteiger partial charge in [0.05, 0.1) is 24.3 Å². The van der Waals surface area contributed by atoms with E-state index in [1.165, 1.54) is 0 Å². The second-order valence-electron chi connectivity index (χ2n) is 9.82. The standard InChI is InChI=1S/C32H34Br2O6/c1-3-5-11-37-27-15-23(13-25(33)19-27)31(35)39-29-17-21-9-7-8-10-22(21)18-30(29)40-32(36)24-14-26(34)20-28(16-24)38-12-6-4-2/h7-10,13-16,19-20,29-30H,3-6,11-12,17-18H2,1-2H3/t29-,30+. The highest BCUT2D eigenvalue weighted by molar-refractivity contribution is 9.10. The number of carbonyl (C=O) groups excluding carboxylic acids is 2. The van der Waals surface area contributed by atoms with Gasteiger partial charge in [0.2, 0.25) is 0 Å². The van der Waals surface area contributed by atoms with Gasteiger partial charge in [0.25, 0.3) is 0 Å². The molecule has 0 saturated heterocycles. The number of rotatable bonds is 12. The van der Waals surface area contributed by atoms with Crippen LogP contribution < -0.4 is 9.47 Å².